The molecule has 80 valence electrons. The number of carbonyl (C=O) groups is 1. The van der Waals surface area contributed by atoms with Crippen LogP contribution in [0.1, 0.15) is 6.42 Å². The summed E-state index contributed by atoms with van der Waals surface area (Å²) in [5.41, 5.74) is 15.3. The van der Waals surface area contributed by atoms with Crippen LogP contribution in [0.2, 0.25) is 0 Å². The smallest absolute Gasteiger partial charge is 0.434 e. The van der Waals surface area contributed by atoms with Crippen LogP contribution >= 0.6 is 0 Å². The molecule has 1 saturated heterocycles. The number of azide groups is 2. The number of hydrogen-bond donors (Lipinski definition) is 0. The van der Waals surface area contributed by atoms with E-state index in [-0.39, 0.29) is 19.7 Å². The Bertz CT molecular complexity index is 317. The Labute approximate surface area is 84.2 Å². The van der Waals surface area contributed by atoms with E-state index in [2.05, 4.69) is 24.8 Å². The van der Waals surface area contributed by atoms with Crippen LogP contribution in [0.25, 0.3) is 20.9 Å². The van der Waals surface area contributed by atoms with Gasteiger partial charge < -0.3 is 9.47 Å². The van der Waals surface area contributed by atoms with Crippen molar-refractivity contribution in [1.82, 2.24) is 0 Å². The highest BCUT2D eigenvalue weighted by molar-refractivity contribution is 5.61. The lowest BCUT2D eigenvalue weighted by Crippen LogP contribution is -2.46. The molecule has 0 aromatic rings. The molecule has 1 rings (SSSR count). The van der Waals surface area contributed by atoms with Crippen molar-refractivity contribution < 1.29 is 14.3 Å². The van der Waals surface area contributed by atoms with E-state index in [9.17, 15) is 4.79 Å². The van der Waals surface area contributed by atoms with Crippen LogP contribution in [0, 0.1) is 0 Å². The minimum absolute atomic E-state index is 0.0718. The van der Waals surface area contributed by atoms with E-state index in [1.54, 1.807) is 0 Å². The van der Waals surface area contributed by atoms with Gasteiger partial charge in [0.1, 0.15) is 5.60 Å². The summed E-state index contributed by atoms with van der Waals surface area (Å²) >= 11 is 0. The summed E-state index contributed by atoms with van der Waals surface area (Å²) in [7, 11) is 0. The molecular weight excluding hydrogens is 204 g/mol. The molecule has 0 unspecified atom stereocenters. The van der Waals surface area contributed by atoms with Crippen LogP contribution < -0.4 is 0 Å². The number of cyclic esters (lactones) is 2. The first-order chi connectivity index (χ1) is 7.22. The van der Waals surface area contributed by atoms with Crippen LogP contribution in [0.5, 0.6) is 0 Å². The zero-order valence-electron chi connectivity index (χ0n) is 7.74. The average Bonchev–Trinajstić information content (AvgIpc) is 2.24. The lowest BCUT2D eigenvalue weighted by molar-refractivity contribution is -0.0748. The second-order valence-corrected chi connectivity index (χ2v) is 2.91. The number of hydrogen-bond acceptors (Lipinski definition) is 5. The van der Waals surface area contributed by atoms with Gasteiger partial charge in [-0.3, -0.25) is 0 Å². The standard InChI is InChI=1S/C6H8N6O3/c7-11-9-3-6(4-10-12-8)1-2-14-5(13)15-6/h1-4H2. The monoisotopic (exact) mass is 212 g/mol. The minimum Gasteiger partial charge on any atom is -0.434 e. The molecule has 9 nitrogen and oxygen atoms in total. The van der Waals surface area contributed by atoms with Gasteiger partial charge in [0.05, 0.1) is 19.7 Å². The van der Waals surface area contributed by atoms with E-state index in [0.29, 0.717) is 6.42 Å². The van der Waals surface area contributed by atoms with Crippen LogP contribution in [0.4, 0.5) is 4.79 Å². The number of rotatable bonds is 4. The maximum atomic E-state index is 10.9. The topological polar surface area (TPSA) is 133 Å². The Morgan fingerprint density at radius 3 is 2.40 bits per heavy atom. The SMILES string of the molecule is [N-]=[N+]=NCC1(CN=[N+]=[N-])CCOC(=O)O1. The first-order valence-corrected chi connectivity index (χ1v) is 4.10. The fraction of sp³-hybridized carbons (Fsp3) is 0.833. The summed E-state index contributed by atoms with van der Waals surface area (Å²) in [4.78, 5) is 16.0. The van der Waals surface area contributed by atoms with Gasteiger partial charge in [0.25, 0.3) is 0 Å². The molecule has 15 heavy (non-hydrogen) atoms. The Balaban J connectivity index is 2.77. The van der Waals surface area contributed by atoms with Gasteiger partial charge in [0, 0.05) is 16.2 Å². The van der Waals surface area contributed by atoms with E-state index in [1.165, 1.54) is 0 Å². The first kappa shape index (κ1) is 11.0. The van der Waals surface area contributed by atoms with Crippen LogP contribution in [-0.4, -0.2) is 31.5 Å². The molecule has 0 spiro atoms. The lowest BCUT2D eigenvalue weighted by Gasteiger charge is -2.33. The summed E-state index contributed by atoms with van der Waals surface area (Å²) in [5, 5.41) is 6.64. The molecule has 0 N–H and O–H groups in total. The van der Waals surface area contributed by atoms with Crippen LogP contribution in [0.15, 0.2) is 10.2 Å². The van der Waals surface area contributed by atoms with Crippen molar-refractivity contribution in [3.8, 4) is 0 Å². The van der Waals surface area contributed by atoms with Gasteiger partial charge in [-0.2, -0.15) is 0 Å². The normalized spacial score (nSPS) is 24.1. The van der Waals surface area contributed by atoms with Crippen LogP contribution in [-0.2, 0) is 9.47 Å². The first-order valence-electron chi connectivity index (χ1n) is 4.10. The molecule has 0 bridgehead atoms. The maximum absolute atomic E-state index is 10.9. The molecule has 0 radical (unpaired) electrons. The fourth-order valence-corrected chi connectivity index (χ4v) is 1.17. The third-order valence-electron chi connectivity index (χ3n) is 1.92. The summed E-state index contributed by atoms with van der Waals surface area (Å²) in [6, 6.07) is 0. The second kappa shape index (κ2) is 4.94. The molecule has 1 fully saturated rings. The predicted molar refractivity (Wildman–Crippen MR) is 47.8 cm³/mol. The summed E-state index contributed by atoms with van der Waals surface area (Å²) in [6.07, 6.45) is -0.515. The number of carbonyl (C=O) groups excluding carboxylic acids is 1. The second-order valence-electron chi connectivity index (χ2n) is 2.91. The molecule has 0 atom stereocenters. The third-order valence-corrected chi connectivity index (χ3v) is 1.92. The molecule has 0 aromatic heterocycles. The highest BCUT2D eigenvalue weighted by Gasteiger charge is 2.37. The maximum Gasteiger partial charge on any atom is 0.508 e. The molecule has 1 aliphatic rings. The molecule has 0 aliphatic carbocycles. The van der Waals surface area contributed by atoms with Gasteiger partial charge >= 0.3 is 6.16 Å². The lowest BCUT2D eigenvalue weighted by atomic mass is 10.00. The van der Waals surface area contributed by atoms with Gasteiger partial charge in [0.2, 0.25) is 0 Å². The number of ether oxygens (including phenoxy) is 2. The van der Waals surface area contributed by atoms with Gasteiger partial charge in [-0.1, -0.05) is 10.2 Å². The fourth-order valence-electron chi connectivity index (χ4n) is 1.17. The van der Waals surface area contributed by atoms with E-state index >= 15 is 0 Å². The summed E-state index contributed by atoms with van der Waals surface area (Å²) in [5.74, 6) is 0. The van der Waals surface area contributed by atoms with E-state index in [0.717, 1.165) is 0 Å². The minimum atomic E-state index is -1.06. The van der Waals surface area contributed by atoms with Crippen molar-refractivity contribution in [1.29, 1.82) is 0 Å². The quantitative estimate of drug-likeness (QED) is 0.304. The predicted octanol–water partition coefficient (Wildman–Crippen LogP) is 1.90. The van der Waals surface area contributed by atoms with Crippen molar-refractivity contribution in [2.45, 2.75) is 12.0 Å². The Kier molecular flexibility index (Phi) is 3.61. The molecule has 0 saturated carbocycles. The number of nitrogens with zero attached hydrogens (tertiary/aromatic N) is 6. The highest BCUT2D eigenvalue weighted by Crippen LogP contribution is 2.23. The van der Waals surface area contributed by atoms with Gasteiger partial charge in [-0.15, -0.1) is 0 Å². The van der Waals surface area contributed by atoms with Crippen molar-refractivity contribution in [3.05, 3.63) is 20.9 Å². The Morgan fingerprint density at radius 1 is 1.33 bits per heavy atom. The zero-order chi connectivity index (χ0) is 11.1. The summed E-state index contributed by atoms with van der Waals surface area (Å²) < 4.78 is 9.45. The van der Waals surface area contributed by atoms with Crippen LogP contribution in [0.3, 0.4) is 0 Å². The van der Waals surface area contributed by atoms with Gasteiger partial charge in [-0.25, -0.2) is 4.79 Å². The highest BCUT2D eigenvalue weighted by atomic mass is 16.7. The van der Waals surface area contributed by atoms with E-state index in [4.69, 9.17) is 15.8 Å². The summed E-state index contributed by atoms with van der Waals surface area (Å²) in [6.45, 7) is 0.00989. The van der Waals surface area contributed by atoms with Crippen molar-refractivity contribution in [2.24, 2.45) is 10.2 Å². The van der Waals surface area contributed by atoms with Crippen molar-refractivity contribution >= 4 is 6.16 Å². The third kappa shape index (κ3) is 2.94. The largest absolute Gasteiger partial charge is 0.508 e. The molecule has 1 aliphatic heterocycles. The Hall–Kier alpha value is -2.11. The molecular formula is C6H8N6O3. The zero-order valence-corrected chi connectivity index (χ0v) is 7.74. The van der Waals surface area contributed by atoms with E-state index < -0.39 is 11.8 Å². The molecule has 0 aromatic carbocycles. The van der Waals surface area contributed by atoms with Gasteiger partial charge in [-0.05, 0) is 11.1 Å². The molecule has 0 amide bonds. The average molecular weight is 212 g/mol. The van der Waals surface area contributed by atoms with Crippen molar-refractivity contribution in [3.63, 3.8) is 0 Å². The Morgan fingerprint density at radius 2 is 1.93 bits per heavy atom. The molecule has 9 heteroatoms. The molecule has 1 heterocycles. The van der Waals surface area contributed by atoms with Crippen molar-refractivity contribution in [2.75, 3.05) is 19.7 Å². The van der Waals surface area contributed by atoms with E-state index in [1.807, 2.05) is 0 Å². The van der Waals surface area contributed by atoms with Gasteiger partial charge in [0.15, 0.2) is 0 Å².